The molecule has 2 aliphatic rings. The van der Waals surface area contributed by atoms with Crippen molar-refractivity contribution in [3.05, 3.63) is 32.5 Å². The zero-order valence-electron chi connectivity index (χ0n) is 19.2. The average Bonchev–Trinajstić information content (AvgIpc) is 3.29. The molecule has 1 radical (unpaired) electrons. The van der Waals surface area contributed by atoms with E-state index in [1.54, 1.807) is 13.8 Å². The van der Waals surface area contributed by atoms with Crippen LogP contribution in [0.2, 0.25) is 0 Å². The van der Waals surface area contributed by atoms with Crippen LogP contribution in [-0.2, 0) is 23.1 Å². The lowest BCUT2D eigenvalue weighted by Gasteiger charge is -2.34. The van der Waals surface area contributed by atoms with Crippen molar-refractivity contribution in [2.45, 2.75) is 90.9 Å². The Morgan fingerprint density at radius 3 is 2.29 bits per heavy atom. The van der Waals surface area contributed by atoms with Gasteiger partial charge in [0.25, 0.3) is 5.56 Å². The van der Waals surface area contributed by atoms with E-state index in [2.05, 4.69) is 5.32 Å². The lowest BCUT2D eigenvalue weighted by Crippen LogP contribution is -2.48. The van der Waals surface area contributed by atoms with Crippen LogP contribution in [0.1, 0.15) is 66.7 Å². The Bertz CT molecular complexity index is 1010. The monoisotopic (exact) mass is 432 g/mol. The maximum atomic E-state index is 13.2. The van der Waals surface area contributed by atoms with Gasteiger partial charge in [0.15, 0.2) is 0 Å². The summed E-state index contributed by atoms with van der Waals surface area (Å²) in [6.45, 7) is 9.36. The Balaban J connectivity index is 2.08. The van der Waals surface area contributed by atoms with Gasteiger partial charge in [0.2, 0.25) is 5.91 Å². The van der Waals surface area contributed by atoms with E-state index >= 15 is 0 Å². The number of hydrogen-bond acceptors (Lipinski definition) is 5. The molecule has 9 nitrogen and oxygen atoms in total. The number of amides is 1. The van der Waals surface area contributed by atoms with Gasteiger partial charge in [-0.25, -0.2) is 4.79 Å². The second-order valence-corrected chi connectivity index (χ2v) is 9.73. The van der Waals surface area contributed by atoms with Crippen LogP contribution in [0.5, 0.6) is 0 Å². The Labute approximate surface area is 182 Å². The van der Waals surface area contributed by atoms with Crippen molar-refractivity contribution >= 4 is 17.4 Å². The molecule has 171 valence electrons. The number of carbonyl (C=O) groups is 1. The number of anilines is 2. The van der Waals surface area contributed by atoms with Gasteiger partial charge in [-0.05, 0) is 52.5 Å². The molecule has 0 bridgehead atoms. The molecule has 3 N–H and O–H groups in total. The van der Waals surface area contributed by atoms with E-state index < -0.39 is 22.3 Å². The van der Waals surface area contributed by atoms with E-state index in [-0.39, 0.29) is 36.4 Å². The van der Waals surface area contributed by atoms with E-state index in [1.807, 2.05) is 26.8 Å². The molecule has 1 fully saturated rings. The third-order valence-electron chi connectivity index (χ3n) is 6.56. The molecular weight excluding hydrogens is 398 g/mol. The number of hydroxylamine groups is 2. The Hall–Kier alpha value is -2.39. The first kappa shape index (κ1) is 23.3. The van der Waals surface area contributed by atoms with Crippen LogP contribution < -0.4 is 22.3 Å². The van der Waals surface area contributed by atoms with Gasteiger partial charge in [0.1, 0.15) is 11.5 Å². The van der Waals surface area contributed by atoms with Gasteiger partial charge in [-0.2, -0.15) is 0 Å². The number of aromatic nitrogens is 2. The molecule has 3 rings (SSSR count). The Morgan fingerprint density at radius 2 is 1.77 bits per heavy atom. The standard InChI is InChI=1S/C22H34N5O4/c1-6-11-25-19(29)16(24-18(28)14-9-7-8-10-14)17(23)26(20(25)30)13-15-12-21(2,3)27(31)22(15,4)5/h12,14H,6-11,13,23H2,1-5H3,(H,24,28). The molecule has 1 aliphatic carbocycles. The summed E-state index contributed by atoms with van der Waals surface area (Å²) in [5, 5.41) is 16.4. The smallest absolute Gasteiger partial charge is 0.332 e. The summed E-state index contributed by atoms with van der Waals surface area (Å²) in [6, 6.07) is 0. The predicted molar refractivity (Wildman–Crippen MR) is 119 cm³/mol. The number of nitrogens with zero attached hydrogens (tertiary/aromatic N) is 3. The molecule has 1 saturated carbocycles. The maximum Gasteiger partial charge on any atom is 0.332 e. The van der Waals surface area contributed by atoms with E-state index in [9.17, 15) is 19.6 Å². The molecule has 2 heterocycles. The van der Waals surface area contributed by atoms with Crippen molar-refractivity contribution in [1.29, 1.82) is 0 Å². The number of rotatable bonds is 6. The van der Waals surface area contributed by atoms with E-state index in [1.165, 1.54) is 4.57 Å². The highest BCUT2D eigenvalue weighted by molar-refractivity contribution is 5.94. The number of carbonyl (C=O) groups excluding carboxylic acids is 1. The van der Waals surface area contributed by atoms with Crippen LogP contribution in [0, 0.1) is 5.92 Å². The lowest BCUT2D eigenvalue weighted by atomic mass is 9.96. The van der Waals surface area contributed by atoms with Crippen molar-refractivity contribution < 1.29 is 10.0 Å². The van der Waals surface area contributed by atoms with Crippen LogP contribution >= 0.6 is 0 Å². The highest BCUT2D eigenvalue weighted by atomic mass is 16.5. The molecule has 0 saturated heterocycles. The Kier molecular flexibility index (Phi) is 6.21. The summed E-state index contributed by atoms with van der Waals surface area (Å²) >= 11 is 0. The van der Waals surface area contributed by atoms with Crippen molar-refractivity contribution in [3.63, 3.8) is 0 Å². The fourth-order valence-corrected chi connectivity index (χ4v) is 4.74. The SMILES string of the molecule is CCCn1c(=O)c(NC(=O)C2CCCC2)c(N)n(CC2=CC(C)(C)N([O])C2(C)C)c1=O. The minimum atomic E-state index is -0.839. The van der Waals surface area contributed by atoms with Crippen LogP contribution in [0.15, 0.2) is 21.2 Å². The summed E-state index contributed by atoms with van der Waals surface area (Å²) in [7, 11) is 0. The summed E-state index contributed by atoms with van der Waals surface area (Å²) in [4.78, 5) is 38.9. The van der Waals surface area contributed by atoms with Gasteiger partial charge in [-0.15, -0.1) is 10.3 Å². The summed E-state index contributed by atoms with van der Waals surface area (Å²) in [6.07, 6.45) is 5.95. The predicted octanol–water partition coefficient (Wildman–Crippen LogP) is 2.28. The average molecular weight is 433 g/mol. The second kappa shape index (κ2) is 8.27. The Morgan fingerprint density at radius 1 is 1.16 bits per heavy atom. The van der Waals surface area contributed by atoms with E-state index in [0.717, 1.165) is 40.9 Å². The first-order valence-corrected chi connectivity index (χ1v) is 11.1. The van der Waals surface area contributed by atoms with Crippen molar-refractivity contribution in [3.8, 4) is 0 Å². The molecule has 0 atom stereocenters. The second-order valence-electron chi connectivity index (χ2n) is 9.73. The number of nitrogens with two attached hydrogens (primary N) is 1. The van der Waals surface area contributed by atoms with E-state index in [0.29, 0.717) is 6.42 Å². The van der Waals surface area contributed by atoms with Crippen molar-refractivity contribution in [1.82, 2.24) is 14.2 Å². The van der Waals surface area contributed by atoms with Crippen molar-refractivity contribution in [2.75, 3.05) is 11.1 Å². The molecule has 9 heteroatoms. The highest BCUT2D eigenvalue weighted by Crippen LogP contribution is 2.39. The molecule has 1 aliphatic heterocycles. The van der Waals surface area contributed by atoms with Gasteiger partial charge >= 0.3 is 5.69 Å². The summed E-state index contributed by atoms with van der Waals surface area (Å²) in [5.74, 6) is -0.459. The van der Waals surface area contributed by atoms with Crippen LogP contribution in [0.4, 0.5) is 11.5 Å². The number of nitrogen functional groups attached to an aromatic ring is 1. The lowest BCUT2D eigenvalue weighted by molar-refractivity contribution is -0.238. The number of hydrogen-bond donors (Lipinski definition) is 2. The largest absolute Gasteiger partial charge is 0.383 e. The van der Waals surface area contributed by atoms with Gasteiger partial charge in [-0.1, -0.05) is 25.8 Å². The highest BCUT2D eigenvalue weighted by Gasteiger charge is 2.46. The zero-order valence-corrected chi connectivity index (χ0v) is 19.2. The first-order chi connectivity index (χ1) is 14.4. The fourth-order valence-electron chi connectivity index (χ4n) is 4.74. The van der Waals surface area contributed by atoms with Gasteiger partial charge in [0, 0.05) is 12.5 Å². The van der Waals surface area contributed by atoms with Crippen LogP contribution in [0.25, 0.3) is 0 Å². The molecule has 1 aromatic rings. The summed E-state index contributed by atoms with van der Waals surface area (Å²) in [5.41, 5.74) is 4.27. The molecule has 1 aromatic heterocycles. The third kappa shape index (κ3) is 4.08. The normalized spacial score (nSPS) is 20.8. The van der Waals surface area contributed by atoms with E-state index in [4.69, 9.17) is 5.73 Å². The minimum absolute atomic E-state index is 0.0559. The van der Waals surface area contributed by atoms with Crippen LogP contribution in [-0.4, -0.2) is 31.2 Å². The fraction of sp³-hybridized carbons (Fsp3) is 0.682. The molecule has 0 spiro atoms. The zero-order chi connectivity index (χ0) is 23.1. The molecule has 0 aromatic carbocycles. The molecule has 31 heavy (non-hydrogen) atoms. The van der Waals surface area contributed by atoms with Gasteiger partial charge in [0.05, 0.1) is 17.6 Å². The van der Waals surface area contributed by atoms with Gasteiger partial charge < -0.3 is 11.1 Å². The molecule has 1 amide bonds. The topological polar surface area (TPSA) is 122 Å². The van der Waals surface area contributed by atoms with Crippen molar-refractivity contribution in [2.24, 2.45) is 5.92 Å². The summed E-state index contributed by atoms with van der Waals surface area (Å²) < 4.78 is 2.41. The maximum absolute atomic E-state index is 13.2. The quantitative estimate of drug-likeness (QED) is 0.668. The minimum Gasteiger partial charge on any atom is -0.383 e. The first-order valence-electron chi connectivity index (χ1n) is 11.1. The number of nitrogens with one attached hydrogen (secondary N) is 1. The van der Waals surface area contributed by atoms with Crippen LogP contribution in [0.3, 0.4) is 0 Å². The van der Waals surface area contributed by atoms with Gasteiger partial charge in [-0.3, -0.25) is 18.7 Å². The molecular formula is C22H34N5O4. The third-order valence-corrected chi connectivity index (χ3v) is 6.56. The molecule has 0 unspecified atom stereocenters.